The second-order valence-corrected chi connectivity index (χ2v) is 20.5. The monoisotopic (exact) mass is 911 g/mol. The van der Waals surface area contributed by atoms with Crippen LogP contribution < -0.4 is 23.7 Å². The van der Waals surface area contributed by atoms with E-state index in [1.165, 1.54) is 37.2 Å². The van der Waals surface area contributed by atoms with Crippen LogP contribution in [0.25, 0.3) is 32.3 Å². The summed E-state index contributed by atoms with van der Waals surface area (Å²) in [5, 5.41) is 20.7. The van der Waals surface area contributed by atoms with Gasteiger partial charge in [0, 0.05) is 17.0 Å². The van der Waals surface area contributed by atoms with Crippen LogP contribution in [0.2, 0.25) is 0 Å². The predicted molar refractivity (Wildman–Crippen MR) is 275 cm³/mol. The molecule has 4 aromatic carbocycles. The van der Waals surface area contributed by atoms with Crippen LogP contribution in [0.4, 0.5) is 0 Å². The zero-order chi connectivity index (χ0) is 47.5. The number of piperidine rings is 1. The maximum Gasteiger partial charge on any atom is 0.169 e. The number of carbonyl (C=O) groups excluding carboxylic acids is 1. The number of rotatable bonds is 32. The third-order valence-electron chi connectivity index (χ3n) is 13.7. The van der Waals surface area contributed by atoms with E-state index in [4.69, 9.17) is 23.7 Å². The zero-order valence-electron chi connectivity index (χ0n) is 42.9. The highest BCUT2D eigenvalue weighted by atomic mass is 16.5. The van der Waals surface area contributed by atoms with E-state index in [2.05, 4.69) is 71.0 Å². The summed E-state index contributed by atoms with van der Waals surface area (Å²) in [5.41, 5.74) is -0.809. The van der Waals surface area contributed by atoms with Crippen molar-refractivity contribution in [2.75, 3.05) is 33.0 Å². The highest BCUT2D eigenvalue weighted by molar-refractivity contribution is 6.27. The Labute approximate surface area is 399 Å². The van der Waals surface area contributed by atoms with Crippen LogP contribution in [0.15, 0.2) is 36.4 Å². The molecule has 1 saturated heterocycles. The van der Waals surface area contributed by atoms with Crippen molar-refractivity contribution >= 4 is 38.1 Å². The van der Waals surface area contributed by atoms with Gasteiger partial charge in [-0.25, -0.2) is 0 Å². The minimum Gasteiger partial charge on any atom is -0.493 e. The third kappa shape index (κ3) is 14.4. The standard InChI is InChI=1S/C58H88NO7/c1-10-15-20-25-30-62-51-36-45-44(35-50(51)56(60)43-41-57(6,7)59(61)58(8,9)42-43)46-37-52(63-31-26-21-16-11-2)54(65-33-28-23-18-13-4)39-48(46)49-40-55(66-34-29-24-19-14-5)53(38-47(45)49)64-32-27-22-17-12-3/h35-40,43H,10-34,41-42H2,1-9H3. The summed E-state index contributed by atoms with van der Waals surface area (Å²) in [5.74, 6) is 3.25. The number of unbranched alkanes of at least 4 members (excludes halogenated alkanes) is 15. The van der Waals surface area contributed by atoms with Crippen LogP contribution in [0.1, 0.15) is 214 Å². The summed E-state index contributed by atoms with van der Waals surface area (Å²) in [6, 6.07) is 12.9. The van der Waals surface area contributed by atoms with E-state index in [9.17, 15) is 5.21 Å². The van der Waals surface area contributed by atoms with Gasteiger partial charge in [0.1, 0.15) is 5.75 Å². The Morgan fingerprint density at radius 1 is 0.424 bits per heavy atom. The Morgan fingerprint density at radius 3 is 0.970 bits per heavy atom. The van der Waals surface area contributed by atoms with Crippen molar-refractivity contribution in [1.82, 2.24) is 5.06 Å². The maximum absolute atomic E-state index is 15.2. The highest BCUT2D eigenvalue weighted by Gasteiger charge is 2.48. The number of hydroxylamine groups is 2. The number of Topliss-reactive ketones (excluding diaryl/α,β-unsaturated/α-hetero) is 1. The van der Waals surface area contributed by atoms with Crippen molar-refractivity contribution in [3.05, 3.63) is 42.0 Å². The number of hydrogen-bond acceptors (Lipinski definition) is 7. The number of carbonyl (C=O) groups is 1. The minimum absolute atomic E-state index is 0.0327. The van der Waals surface area contributed by atoms with E-state index < -0.39 is 11.1 Å². The fourth-order valence-electron chi connectivity index (χ4n) is 10.0. The van der Waals surface area contributed by atoms with E-state index in [-0.39, 0.29) is 11.7 Å². The van der Waals surface area contributed by atoms with Gasteiger partial charge in [0.05, 0.1) is 38.6 Å². The molecule has 4 aromatic rings. The van der Waals surface area contributed by atoms with Gasteiger partial charge in [-0.3, -0.25) is 4.79 Å². The summed E-state index contributed by atoms with van der Waals surface area (Å²) in [6.07, 6.45) is 22.9. The molecule has 1 aliphatic rings. The van der Waals surface area contributed by atoms with Crippen LogP contribution in [0.5, 0.6) is 28.7 Å². The molecule has 367 valence electrons. The number of hydrogen-bond donors (Lipinski definition) is 0. The van der Waals surface area contributed by atoms with Crippen molar-refractivity contribution in [3.63, 3.8) is 0 Å². The van der Waals surface area contributed by atoms with Crippen LogP contribution >= 0.6 is 0 Å². The van der Waals surface area contributed by atoms with Crippen molar-refractivity contribution in [2.24, 2.45) is 5.92 Å². The average molecular weight is 911 g/mol. The van der Waals surface area contributed by atoms with Gasteiger partial charge < -0.3 is 23.7 Å². The summed E-state index contributed by atoms with van der Waals surface area (Å²) in [4.78, 5) is 15.2. The minimum atomic E-state index is -0.692. The van der Waals surface area contributed by atoms with Crippen LogP contribution in [-0.4, -0.2) is 55.0 Å². The lowest BCUT2D eigenvalue weighted by Gasteiger charge is -2.49. The predicted octanol–water partition coefficient (Wildman–Crippen LogP) is 16.7. The Morgan fingerprint density at radius 2 is 0.682 bits per heavy atom. The second kappa shape index (κ2) is 26.7. The summed E-state index contributed by atoms with van der Waals surface area (Å²) in [7, 11) is 0. The molecule has 66 heavy (non-hydrogen) atoms. The quantitative estimate of drug-likeness (QED) is 0.0274. The smallest absolute Gasteiger partial charge is 0.169 e. The Hall–Kier alpha value is -3.75. The molecule has 0 N–H and O–H groups in total. The molecule has 8 nitrogen and oxygen atoms in total. The first-order valence-corrected chi connectivity index (χ1v) is 26.6. The van der Waals surface area contributed by atoms with E-state index >= 15 is 4.79 Å². The molecule has 8 heteroatoms. The SMILES string of the molecule is CCCCCCOc1cc2c3cc(OCCCCCC)c(OCCCCCC)cc3c3cc(C(=O)C4CC(C)(C)N([O])C(C)(C)C4)c(OCCCCCC)cc3c2cc1OCCCCCC. The molecule has 0 aliphatic carbocycles. The molecule has 0 spiro atoms. The molecule has 1 heterocycles. The van der Waals surface area contributed by atoms with E-state index in [0.717, 1.165) is 152 Å². The van der Waals surface area contributed by atoms with Gasteiger partial charge in [-0.1, -0.05) is 131 Å². The fourth-order valence-corrected chi connectivity index (χ4v) is 10.0. The lowest BCUT2D eigenvalue weighted by Crippen LogP contribution is -2.59. The van der Waals surface area contributed by atoms with Gasteiger partial charge >= 0.3 is 0 Å². The van der Waals surface area contributed by atoms with E-state index in [1.54, 1.807) is 0 Å². The number of nitrogens with zero attached hydrogens (tertiary/aromatic N) is 1. The maximum atomic E-state index is 15.2. The zero-order valence-corrected chi connectivity index (χ0v) is 42.9. The van der Waals surface area contributed by atoms with Crippen molar-refractivity contribution in [2.45, 2.75) is 215 Å². The number of fused-ring (bicyclic) bond motifs is 6. The molecule has 1 radical (unpaired) electrons. The summed E-state index contributed by atoms with van der Waals surface area (Å²) in [6.45, 7) is 21.9. The van der Waals surface area contributed by atoms with Gasteiger partial charge in [0.25, 0.3) is 0 Å². The second-order valence-electron chi connectivity index (χ2n) is 20.5. The van der Waals surface area contributed by atoms with Gasteiger partial charge in [0.15, 0.2) is 28.8 Å². The molecule has 0 amide bonds. The van der Waals surface area contributed by atoms with E-state index in [0.29, 0.717) is 57.2 Å². The van der Waals surface area contributed by atoms with Crippen molar-refractivity contribution in [3.8, 4) is 28.7 Å². The normalized spacial score (nSPS) is 15.2. The number of ketones is 1. The first-order chi connectivity index (χ1) is 31.9. The molecule has 0 unspecified atom stereocenters. The van der Waals surface area contributed by atoms with Gasteiger partial charge in [-0.05, 0) is 141 Å². The van der Waals surface area contributed by atoms with Crippen molar-refractivity contribution in [1.29, 1.82) is 0 Å². The Balaban J connectivity index is 1.79. The molecule has 0 bridgehead atoms. The van der Waals surface area contributed by atoms with E-state index in [1.807, 2.05) is 27.7 Å². The molecule has 0 aromatic heterocycles. The first-order valence-electron chi connectivity index (χ1n) is 26.6. The molecule has 0 saturated carbocycles. The molecule has 1 aliphatic heterocycles. The fraction of sp³-hybridized carbons (Fsp3) is 0.672. The Bertz CT molecular complexity index is 2040. The Kier molecular flexibility index (Phi) is 21.5. The average Bonchev–Trinajstić information content (AvgIpc) is 3.30. The van der Waals surface area contributed by atoms with Crippen LogP contribution in [0.3, 0.4) is 0 Å². The van der Waals surface area contributed by atoms with Gasteiger partial charge in [0.2, 0.25) is 0 Å². The largest absolute Gasteiger partial charge is 0.493 e. The lowest BCUT2D eigenvalue weighted by molar-refractivity contribution is -0.291. The molecule has 0 atom stereocenters. The summed E-state index contributed by atoms with van der Waals surface area (Å²) < 4.78 is 33.4. The third-order valence-corrected chi connectivity index (χ3v) is 13.7. The highest BCUT2D eigenvalue weighted by Crippen LogP contribution is 2.48. The van der Waals surface area contributed by atoms with Gasteiger partial charge in [-0.15, -0.1) is 10.3 Å². The number of ether oxygens (including phenoxy) is 5. The lowest BCUT2D eigenvalue weighted by atomic mass is 9.72. The molecular weight excluding hydrogens is 823 g/mol. The molecule has 1 fully saturated rings. The van der Waals surface area contributed by atoms with Crippen LogP contribution in [-0.2, 0) is 5.21 Å². The van der Waals surface area contributed by atoms with Crippen molar-refractivity contribution < 1.29 is 33.7 Å². The molecular formula is C58H88NO7. The first kappa shape index (κ1) is 53.2. The summed E-state index contributed by atoms with van der Waals surface area (Å²) >= 11 is 0. The molecule has 5 rings (SSSR count). The van der Waals surface area contributed by atoms with Gasteiger partial charge in [-0.2, -0.15) is 0 Å². The topological polar surface area (TPSA) is 86.4 Å². The van der Waals surface area contributed by atoms with Crippen LogP contribution in [0, 0.1) is 5.92 Å². The number of benzene rings is 4.